The maximum Gasteiger partial charge on any atom is 0.227 e. The highest BCUT2D eigenvalue weighted by molar-refractivity contribution is 5.47. The van der Waals surface area contributed by atoms with Gasteiger partial charge in [0.15, 0.2) is 0 Å². The SMILES string of the molecule is CC(C)(CCN)CCc1nc(-c2ccc[nH]2)no1. The van der Waals surface area contributed by atoms with Gasteiger partial charge in [0.2, 0.25) is 11.7 Å². The van der Waals surface area contributed by atoms with Gasteiger partial charge in [0, 0.05) is 12.6 Å². The number of hydrogen-bond acceptors (Lipinski definition) is 4. The van der Waals surface area contributed by atoms with Gasteiger partial charge in [0.1, 0.15) is 0 Å². The van der Waals surface area contributed by atoms with E-state index in [1.807, 2.05) is 18.3 Å². The van der Waals surface area contributed by atoms with E-state index in [1.165, 1.54) is 0 Å². The van der Waals surface area contributed by atoms with Crippen LogP contribution in [0.1, 0.15) is 32.6 Å². The molecular weight excluding hydrogens is 228 g/mol. The van der Waals surface area contributed by atoms with Gasteiger partial charge < -0.3 is 15.2 Å². The van der Waals surface area contributed by atoms with Crippen LogP contribution in [0.25, 0.3) is 11.5 Å². The molecule has 5 nitrogen and oxygen atoms in total. The van der Waals surface area contributed by atoms with Crippen molar-refractivity contribution in [2.45, 2.75) is 33.1 Å². The standard InChI is InChI=1S/C13H20N4O/c1-13(2,7-8-14)6-5-11-16-12(17-18-11)10-4-3-9-15-10/h3-4,9,15H,5-8,14H2,1-2H3. The Morgan fingerprint density at radius 2 is 2.22 bits per heavy atom. The number of H-pyrrole nitrogens is 1. The van der Waals surface area contributed by atoms with E-state index in [0.29, 0.717) is 18.3 Å². The zero-order valence-electron chi connectivity index (χ0n) is 10.9. The highest BCUT2D eigenvalue weighted by atomic mass is 16.5. The van der Waals surface area contributed by atoms with Crippen LogP contribution in [0.2, 0.25) is 0 Å². The van der Waals surface area contributed by atoms with Crippen LogP contribution in [0.15, 0.2) is 22.9 Å². The zero-order chi connectivity index (χ0) is 13.0. The van der Waals surface area contributed by atoms with Gasteiger partial charge in [0.05, 0.1) is 5.69 Å². The number of nitrogens with one attached hydrogen (secondary N) is 1. The van der Waals surface area contributed by atoms with Crippen LogP contribution in [0.4, 0.5) is 0 Å². The van der Waals surface area contributed by atoms with E-state index in [2.05, 4.69) is 29.0 Å². The Kier molecular flexibility index (Phi) is 3.81. The summed E-state index contributed by atoms with van der Waals surface area (Å²) in [7, 11) is 0. The second-order valence-corrected chi connectivity index (χ2v) is 5.30. The van der Waals surface area contributed by atoms with Gasteiger partial charge in [-0.3, -0.25) is 0 Å². The summed E-state index contributed by atoms with van der Waals surface area (Å²) in [5.74, 6) is 1.30. The third-order valence-corrected chi connectivity index (χ3v) is 3.14. The minimum Gasteiger partial charge on any atom is -0.359 e. The Morgan fingerprint density at radius 1 is 1.39 bits per heavy atom. The molecule has 0 atom stereocenters. The highest BCUT2D eigenvalue weighted by Crippen LogP contribution is 2.26. The molecule has 0 fully saturated rings. The molecule has 0 radical (unpaired) electrons. The number of aromatic nitrogens is 3. The Morgan fingerprint density at radius 3 is 2.89 bits per heavy atom. The van der Waals surface area contributed by atoms with Gasteiger partial charge in [-0.2, -0.15) is 4.98 Å². The zero-order valence-corrected chi connectivity index (χ0v) is 10.9. The molecule has 18 heavy (non-hydrogen) atoms. The van der Waals surface area contributed by atoms with Crippen LogP contribution < -0.4 is 5.73 Å². The van der Waals surface area contributed by atoms with E-state index >= 15 is 0 Å². The molecule has 0 spiro atoms. The Balaban J connectivity index is 1.95. The molecule has 0 aliphatic carbocycles. The first-order valence-corrected chi connectivity index (χ1v) is 6.27. The Hall–Kier alpha value is -1.62. The molecule has 0 amide bonds. The predicted molar refractivity (Wildman–Crippen MR) is 69.9 cm³/mol. The molecule has 3 N–H and O–H groups in total. The van der Waals surface area contributed by atoms with E-state index in [4.69, 9.17) is 10.3 Å². The average Bonchev–Trinajstić information content (AvgIpc) is 2.97. The topological polar surface area (TPSA) is 80.7 Å². The Bertz CT molecular complexity index is 473. The van der Waals surface area contributed by atoms with Crippen LogP contribution in [0, 0.1) is 5.41 Å². The summed E-state index contributed by atoms with van der Waals surface area (Å²) in [6.45, 7) is 5.13. The van der Waals surface area contributed by atoms with E-state index in [9.17, 15) is 0 Å². The van der Waals surface area contributed by atoms with E-state index in [0.717, 1.165) is 25.0 Å². The molecule has 98 valence electrons. The number of nitrogens with zero attached hydrogens (tertiary/aromatic N) is 2. The number of aryl methyl sites for hydroxylation is 1. The van der Waals surface area contributed by atoms with Crippen molar-refractivity contribution in [3.8, 4) is 11.5 Å². The van der Waals surface area contributed by atoms with Crippen molar-refractivity contribution in [3.05, 3.63) is 24.2 Å². The molecule has 0 aliphatic heterocycles. The Labute approximate surface area is 107 Å². The summed E-state index contributed by atoms with van der Waals surface area (Å²) in [5.41, 5.74) is 6.70. The summed E-state index contributed by atoms with van der Waals surface area (Å²) in [6, 6.07) is 3.84. The van der Waals surface area contributed by atoms with Crippen molar-refractivity contribution in [1.29, 1.82) is 0 Å². The van der Waals surface area contributed by atoms with Gasteiger partial charge >= 0.3 is 0 Å². The van der Waals surface area contributed by atoms with Crippen LogP contribution in [0.3, 0.4) is 0 Å². The van der Waals surface area contributed by atoms with Gasteiger partial charge in [-0.25, -0.2) is 0 Å². The van der Waals surface area contributed by atoms with Gasteiger partial charge in [-0.1, -0.05) is 19.0 Å². The van der Waals surface area contributed by atoms with Crippen molar-refractivity contribution < 1.29 is 4.52 Å². The second-order valence-electron chi connectivity index (χ2n) is 5.30. The first kappa shape index (κ1) is 12.8. The van der Waals surface area contributed by atoms with E-state index < -0.39 is 0 Å². The number of nitrogens with two attached hydrogens (primary N) is 1. The number of aromatic amines is 1. The largest absolute Gasteiger partial charge is 0.359 e. The second kappa shape index (κ2) is 5.35. The van der Waals surface area contributed by atoms with Crippen molar-refractivity contribution in [2.24, 2.45) is 11.1 Å². The lowest BCUT2D eigenvalue weighted by atomic mass is 9.84. The number of hydrogen-bond donors (Lipinski definition) is 2. The normalized spacial score (nSPS) is 11.9. The lowest BCUT2D eigenvalue weighted by molar-refractivity contribution is 0.289. The van der Waals surface area contributed by atoms with Crippen LogP contribution in [-0.4, -0.2) is 21.7 Å². The van der Waals surface area contributed by atoms with Crippen molar-refractivity contribution in [3.63, 3.8) is 0 Å². The fourth-order valence-electron chi connectivity index (χ4n) is 1.90. The molecule has 0 saturated heterocycles. The quantitative estimate of drug-likeness (QED) is 0.822. The van der Waals surface area contributed by atoms with Gasteiger partial charge in [0.25, 0.3) is 0 Å². The number of rotatable bonds is 6. The molecule has 2 aromatic heterocycles. The lowest BCUT2D eigenvalue weighted by Crippen LogP contribution is -2.17. The van der Waals surface area contributed by atoms with Crippen LogP contribution >= 0.6 is 0 Å². The fourth-order valence-corrected chi connectivity index (χ4v) is 1.90. The summed E-state index contributed by atoms with van der Waals surface area (Å²) in [4.78, 5) is 7.43. The molecule has 0 unspecified atom stereocenters. The molecule has 0 bridgehead atoms. The summed E-state index contributed by atoms with van der Waals surface area (Å²) in [6.07, 6.45) is 4.64. The van der Waals surface area contributed by atoms with Crippen LogP contribution in [-0.2, 0) is 6.42 Å². The molecule has 0 aromatic carbocycles. The fraction of sp³-hybridized carbons (Fsp3) is 0.538. The molecule has 2 heterocycles. The first-order chi connectivity index (χ1) is 8.61. The molecular formula is C13H20N4O. The molecule has 2 aromatic rings. The van der Waals surface area contributed by atoms with Crippen molar-refractivity contribution >= 4 is 0 Å². The summed E-state index contributed by atoms with van der Waals surface area (Å²) in [5, 5.41) is 3.96. The smallest absolute Gasteiger partial charge is 0.227 e. The van der Waals surface area contributed by atoms with E-state index in [-0.39, 0.29) is 5.41 Å². The van der Waals surface area contributed by atoms with E-state index in [1.54, 1.807) is 0 Å². The molecule has 2 rings (SSSR count). The van der Waals surface area contributed by atoms with Gasteiger partial charge in [-0.15, -0.1) is 0 Å². The highest BCUT2D eigenvalue weighted by Gasteiger charge is 2.18. The summed E-state index contributed by atoms with van der Waals surface area (Å²) < 4.78 is 5.25. The third-order valence-electron chi connectivity index (χ3n) is 3.14. The van der Waals surface area contributed by atoms with Gasteiger partial charge in [-0.05, 0) is 36.9 Å². The first-order valence-electron chi connectivity index (χ1n) is 6.27. The maximum absolute atomic E-state index is 5.60. The molecule has 0 saturated carbocycles. The lowest BCUT2D eigenvalue weighted by Gasteiger charge is -2.22. The minimum atomic E-state index is 0.218. The van der Waals surface area contributed by atoms with Crippen molar-refractivity contribution in [1.82, 2.24) is 15.1 Å². The third kappa shape index (κ3) is 3.20. The molecule has 0 aliphatic rings. The maximum atomic E-state index is 5.60. The van der Waals surface area contributed by atoms with Crippen molar-refractivity contribution in [2.75, 3.05) is 6.54 Å². The monoisotopic (exact) mass is 248 g/mol. The summed E-state index contributed by atoms with van der Waals surface area (Å²) >= 11 is 0. The predicted octanol–water partition coefficient (Wildman–Crippen LogP) is 2.37. The minimum absolute atomic E-state index is 0.218. The van der Waals surface area contributed by atoms with Crippen LogP contribution in [0.5, 0.6) is 0 Å². The average molecular weight is 248 g/mol. The molecule has 5 heteroatoms.